The third kappa shape index (κ3) is 2.57. The Morgan fingerprint density at radius 1 is 1.38 bits per heavy atom. The van der Waals surface area contributed by atoms with Crippen LogP contribution in [0.2, 0.25) is 0 Å². The van der Waals surface area contributed by atoms with Gasteiger partial charge in [0.25, 0.3) is 0 Å². The highest BCUT2D eigenvalue weighted by molar-refractivity contribution is 7.11. The Labute approximate surface area is 96.7 Å². The minimum absolute atomic E-state index is 0.169. The maximum absolute atomic E-state index is 5.55. The lowest BCUT2D eigenvalue weighted by atomic mass is 10.5. The number of hydrogen-bond acceptors (Lipinski definition) is 7. The Bertz CT molecular complexity index is 474. The van der Waals surface area contributed by atoms with Gasteiger partial charge in [-0.15, -0.1) is 11.3 Å². The van der Waals surface area contributed by atoms with Gasteiger partial charge in [0.2, 0.25) is 5.95 Å². The molecular weight excluding hydrogens is 224 g/mol. The van der Waals surface area contributed by atoms with Gasteiger partial charge in [-0.05, 0) is 6.92 Å². The van der Waals surface area contributed by atoms with E-state index in [-0.39, 0.29) is 5.95 Å². The van der Waals surface area contributed by atoms with E-state index in [9.17, 15) is 0 Å². The summed E-state index contributed by atoms with van der Waals surface area (Å²) >= 11 is 1.64. The van der Waals surface area contributed by atoms with Crippen LogP contribution in [0.15, 0.2) is 12.3 Å². The first kappa shape index (κ1) is 10.6. The average molecular weight is 236 g/mol. The molecule has 6 nitrogen and oxygen atoms in total. The highest BCUT2D eigenvalue weighted by Crippen LogP contribution is 2.14. The predicted octanol–water partition coefficient (Wildman–Crippen LogP) is 1.02. The van der Waals surface area contributed by atoms with E-state index in [1.54, 1.807) is 17.4 Å². The molecule has 16 heavy (non-hydrogen) atoms. The van der Waals surface area contributed by atoms with E-state index in [1.165, 1.54) is 0 Å². The Kier molecular flexibility index (Phi) is 2.86. The first-order chi connectivity index (χ1) is 7.63. The van der Waals surface area contributed by atoms with Gasteiger partial charge in [-0.2, -0.15) is 9.97 Å². The zero-order chi connectivity index (χ0) is 11.5. The fourth-order valence-corrected chi connectivity index (χ4v) is 1.98. The van der Waals surface area contributed by atoms with Crippen LogP contribution in [0.1, 0.15) is 9.88 Å². The molecule has 2 heterocycles. The van der Waals surface area contributed by atoms with E-state index in [0.717, 1.165) is 9.88 Å². The lowest BCUT2D eigenvalue weighted by Gasteiger charge is -2.04. The number of rotatable bonds is 3. The fraction of sp³-hybridized carbons (Fsp3) is 0.222. The van der Waals surface area contributed by atoms with Crippen molar-refractivity contribution < 1.29 is 0 Å². The third-order valence-corrected chi connectivity index (χ3v) is 2.79. The van der Waals surface area contributed by atoms with Crippen molar-refractivity contribution in [3.8, 4) is 0 Å². The van der Waals surface area contributed by atoms with Gasteiger partial charge < -0.3 is 16.8 Å². The molecule has 0 saturated heterocycles. The van der Waals surface area contributed by atoms with Gasteiger partial charge in [-0.1, -0.05) is 0 Å². The van der Waals surface area contributed by atoms with Crippen molar-refractivity contribution in [1.82, 2.24) is 15.0 Å². The summed E-state index contributed by atoms with van der Waals surface area (Å²) in [7, 11) is 0. The van der Waals surface area contributed by atoms with Gasteiger partial charge >= 0.3 is 0 Å². The Balaban J connectivity index is 2.04. The molecule has 0 saturated carbocycles. The summed E-state index contributed by atoms with van der Waals surface area (Å²) in [6, 6.07) is 1.64. The van der Waals surface area contributed by atoms with Crippen molar-refractivity contribution >= 4 is 28.9 Å². The molecule has 5 N–H and O–H groups in total. The van der Waals surface area contributed by atoms with Crippen molar-refractivity contribution in [3.63, 3.8) is 0 Å². The molecule has 0 aliphatic rings. The largest absolute Gasteiger partial charge is 0.383 e. The third-order valence-electron chi connectivity index (χ3n) is 1.88. The summed E-state index contributed by atoms with van der Waals surface area (Å²) in [5.41, 5.74) is 11.0. The van der Waals surface area contributed by atoms with Crippen molar-refractivity contribution in [1.29, 1.82) is 0 Å². The van der Waals surface area contributed by atoms with E-state index in [0.29, 0.717) is 18.2 Å². The van der Waals surface area contributed by atoms with E-state index >= 15 is 0 Å². The second-order valence-electron chi connectivity index (χ2n) is 3.24. The molecule has 0 fully saturated rings. The molecule has 2 rings (SSSR count). The average Bonchev–Trinajstić information content (AvgIpc) is 2.60. The summed E-state index contributed by atoms with van der Waals surface area (Å²) in [5, 5.41) is 4.16. The van der Waals surface area contributed by atoms with Crippen LogP contribution in [0, 0.1) is 6.92 Å². The standard InChI is InChI=1S/C9H12N6S/c1-5-12-3-6(16-5)4-13-8-2-7(10)14-9(11)15-8/h2-3H,4H2,1H3,(H5,10,11,13,14,15). The highest BCUT2D eigenvalue weighted by Gasteiger charge is 2.01. The van der Waals surface area contributed by atoms with Crippen LogP contribution >= 0.6 is 11.3 Å². The van der Waals surface area contributed by atoms with Gasteiger partial charge in [-0.25, -0.2) is 4.98 Å². The van der Waals surface area contributed by atoms with Crippen LogP contribution in [-0.4, -0.2) is 15.0 Å². The second-order valence-corrected chi connectivity index (χ2v) is 4.55. The number of nitrogens with one attached hydrogen (secondary N) is 1. The van der Waals surface area contributed by atoms with Gasteiger partial charge in [0.1, 0.15) is 11.6 Å². The van der Waals surface area contributed by atoms with Crippen LogP contribution < -0.4 is 16.8 Å². The molecule has 0 radical (unpaired) electrons. The number of nitrogens with two attached hydrogens (primary N) is 2. The number of aromatic nitrogens is 3. The molecule has 7 heteroatoms. The zero-order valence-corrected chi connectivity index (χ0v) is 9.58. The van der Waals surface area contributed by atoms with Crippen molar-refractivity contribution in [3.05, 3.63) is 22.1 Å². The van der Waals surface area contributed by atoms with Crippen molar-refractivity contribution in [2.24, 2.45) is 0 Å². The highest BCUT2D eigenvalue weighted by atomic mass is 32.1. The summed E-state index contributed by atoms with van der Waals surface area (Å²) < 4.78 is 0. The zero-order valence-electron chi connectivity index (χ0n) is 8.77. The first-order valence-corrected chi connectivity index (χ1v) is 5.50. The molecule has 0 aromatic carbocycles. The molecule has 0 amide bonds. The lowest BCUT2D eigenvalue weighted by Crippen LogP contribution is -2.05. The van der Waals surface area contributed by atoms with Gasteiger partial charge in [0.05, 0.1) is 11.6 Å². The molecule has 0 spiro atoms. The number of anilines is 3. The van der Waals surface area contributed by atoms with Gasteiger partial charge in [0.15, 0.2) is 0 Å². The lowest BCUT2D eigenvalue weighted by molar-refractivity contribution is 1.11. The van der Waals surface area contributed by atoms with Crippen LogP contribution in [0.3, 0.4) is 0 Å². The monoisotopic (exact) mass is 236 g/mol. The van der Waals surface area contributed by atoms with Gasteiger partial charge in [-0.3, -0.25) is 0 Å². The fourth-order valence-electron chi connectivity index (χ4n) is 1.24. The molecule has 0 aliphatic heterocycles. The van der Waals surface area contributed by atoms with Crippen LogP contribution in [0.5, 0.6) is 0 Å². The number of thiazole rings is 1. The summed E-state index contributed by atoms with van der Waals surface area (Å²) in [6.45, 7) is 2.62. The molecular formula is C9H12N6S. The number of aryl methyl sites for hydroxylation is 1. The topological polar surface area (TPSA) is 103 Å². The SMILES string of the molecule is Cc1ncc(CNc2cc(N)nc(N)n2)s1. The molecule has 0 unspecified atom stereocenters. The summed E-state index contributed by atoms with van der Waals surface area (Å²) in [4.78, 5) is 13.1. The van der Waals surface area contributed by atoms with Crippen molar-refractivity contribution in [2.75, 3.05) is 16.8 Å². The maximum atomic E-state index is 5.55. The Hall–Kier alpha value is -1.89. The van der Waals surface area contributed by atoms with E-state index in [4.69, 9.17) is 11.5 Å². The second kappa shape index (κ2) is 4.31. The van der Waals surface area contributed by atoms with Crippen LogP contribution in [-0.2, 0) is 6.54 Å². The Morgan fingerprint density at radius 2 is 2.19 bits per heavy atom. The Morgan fingerprint density at radius 3 is 2.81 bits per heavy atom. The molecule has 2 aromatic rings. The number of nitrogen functional groups attached to an aromatic ring is 2. The molecule has 0 bridgehead atoms. The molecule has 0 aliphatic carbocycles. The predicted molar refractivity (Wildman–Crippen MR) is 65.0 cm³/mol. The smallest absolute Gasteiger partial charge is 0.223 e. The number of hydrogen-bond donors (Lipinski definition) is 3. The molecule has 2 aromatic heterocycles. The summed E-state index contributed by atoms with van der Waals surface area (Å²) in [6.07, 6.45) is 1.83. The quantitative estimate of drug-likeness (QED) is 0.735. The van der Waals surface area contributed by atoms with E-state index in [2.05, 4.69) is 20.3 Å². The first-order valence-electron chi connectivity index (χ1n) is 4.68. The molecule has 0 atom stereocenters. The van der Waals surface area contributed by atoms with E-state index < -0.39 is 0 Å². The summed E-state index contributed by atoms with van der Waals surface area (Å²) in [5.74, 6) is 1.15. The normalized spacial score (nSPS) is 10.3. The maximum Gasteiger partial charge on any atom is 0.223 e. The molecule has 84 valence electrons. The van der Waals surface area contributed by atoms with Crippen LogP contribution in [0.25, 0.3) is 0 Å². The van der Waals surface area contributed by atoms with E-state index in [1.807, 2.05) is 13.1 Å². The van der Waals surface area contributed by atoms with Crippen LogP contribution in [0.4, 0.5) is 17.6 Å². The van der Waals surface area contributed by atoms with Gasteiger partial charge in [0, 0.05) is 17.1 Å². The minimum atomic E-state index is 0.169. The number of nitrogens with zero attached hydrogens (tertiary/aromatic N) is 3. The van der Waals surface area contributed by atoms with Crippen molar-refractivity contribution in [2.45, 2.75) is 13.5 Å². The minimum Gasteiger partial charge on any atom is -0.383 e.